The second kappa shape index (κ2) is 27.5. The van der Waals surface area contributed by atoms with Gasteiger partial charge >= 0.3 is 26.2 Å². The van der Waals surface area contributed by atoms with E-state index in [1.807, 2.05) is 0 Å². The molecular weight excluding hydrogens is 658 g/mol. The average Bonchev–Trinajstić information content (AvgIpc) is 3.09. The molecule has 1 aromatic carbocycles. The van der Waals surface area contributed by atoms with Gasteiger partial charge in [0.05, 0.1) is 5.92 Å². The number of carbonyl (C=O) groups excluding carboxylic acids is 3. The SMILES string of the molecule is CN[C@@H](CCCCNC(=O)CC[C@H](CC(=O)CCCCCCCCCCCCCCCC(=O)c1cc(B(O)O)cc(B(O)O)c1)C(=O)O)C(=O)O. The number of carboxylic acid groups (broad SMARTS) is 2. The summed E-state index contributed by atoms with van der Waals surface area (Å²) in [6.45, 7) is 0.389. The highest BCUT2D eigenvalue weighted by molar-refractivity contribution is 6.62. The van der Waals surface area contributed by atoms with Crippen LogP contribution in [0.3, 0.4) is 0 Å². The van der Waals surface area contributed by atoms with Gasteiger partial charge in [-0.1, -0.05) is 88.8 Å². The number of aliphatic carboxylic acids is 2. The number of likely N-dealkylation sites (N-methyl/N-ethyl adjacent to an activating group) is 1. The maximum atomic E-state index is 12.5. The maximum Gasteiger partial charge on any atom is 0.488 e. The lowest BCUT2D eigenvalue weighted by Gasteiger charge is -2.12. The Hall–Kier alpha value is -3.10. The molecule has 0 fully saturated rings. The summed E-state index contributed by atoms with van der Waals surface area (Å²) in [5.41, 5.74) is 0.325. The third-order valence-corrected chi connectivity index (χ3v) is 9.19. The fraction of sp³-hybridized carbons (Fsp3) is 0.694. The van der Waals surface area contributed by atoms with Crippen molar-refractivity contribution in [3.05, 3.63) is 23.8 Å². The Bertz CT molecular complexity index is 1170. The van der Waals surface area contributed by atoms with E-state index in [9.17, 15) is 49.2 Å². The molecule has 0 saturated heterocycles. The number of nitrogens with one attached hydrogen (secondary N) is 2. The maximum absolute atomic E-state index is 12.5. The standard InChI is InChI=1S/C36H60B2N2O11/c1-39-32(36(46)47)18-15-16-22-40-34(43)21-20-27(35(44)45)25-31(41)17-13-11-9-7-5-3-2-4-6-8-10-12-14-19-33(42)28-23-29(37(48)49)26-30(24-28)38(50)51/h23-24,26-27,32,39,48-51H,2-22,25H2,1H3,(H,40,43)(H,44,45)(H,46,47)/t27-,32+/m1/s1. The molecule has 0 unspecified atom stereocenters. The summed E-state index contributed by atoms with van der Waals surface area (Å²) >= 11 is 0. The van der Waals surface area contributed by atoms with Crippen LogP contribution in [-0.4, -0.2) is 93.6 Å². The molecular formula is C36H60B2N2O11. The molecule has 1 aromatic rings. The van der Waals surface area contributed by atoms with Gasteiger partial charge in [-0.25, -0.2) is 0 Å². The van der Waals surface area contributed by atoms with Crippen LogP contribution in [0.15, 0.2) is 18.2 Å². The van der Waals surface area contributed by atoms with Crippen LogP contribution in [0.1, 0.15) is 145 Å². The molecule has 0 aliphatic rings. The first-order chi connectivity index (χ1) is 24.3. The van der Waals surface area contributed by atoms with E-state index in [-0.39, 0.29) is 53.2 Å². The fourth-order valence-corrected chi connectivity index (χ4v) is 6.01. The van der Waals surface area contributed by atoms with E-state index in [2.05, 4.69) is 10.6 Å². The molecule has 0 aliphatic heterocycles. The summed E-state index contributed by atoms with van der Waals surface area (Å²) in [5.74, 6) is -3.39. The minimum absolute atomic E-state index is 0.0265. The predicted molar refractivity (Wildman–Crippen MR) is 197 cm³/mol. The van der Waals surface area contributed by atoms with E-state index in [1.54, 1.807) is 7.05 Å². The number of Topliss-reactive ketones (excluding diaryl/α,β-unsaturated/α-hetero) is 2. The summed E-state index contributed by atoms with van der Waals surface area (Å²) < 4.78 is 0. The number of rotatable bonds is 32. The van der Waals surface area contributed by atoms with Crippen LogP contribution in [0.5, 0.6) is 0 Å². The summed E-state index contributed by atoms with van der Waals surface area (Å²) in [6, 6.07) is 3.36. The molecule has 0 aliphatic carbocycles. The van der Waals surface area contributed by atoms with Crippen LogP contribution >= 0.6 is 0 Å². The monoisotopic (exact) mass is 718 g/mol. The van der Waals surface area contributed by atoms with Crippen molar-refractivity contribution in [3.8, 4) is 0 Å². The quantitative estimate of drug-likeness (QED) is 0.0305. The minimum Gasteiger partial charge on any atom is -0.481 e. The lowest BCUT2D eigenvalue weighted by Crippen LogP contribution is -2.39. The molecule has 0 saturated carbocycles. The molecule has 0 spiro atoms. The van der Waals surface area contributed by atoms with Crippen molar-refractivity contribution in [2.75, 3.05) is 13.6 Å². The zero-order chi connectivity index (χ0) is 38.0. The van der Waals surface area contributed by atoms with E-state index in [4.69, 9.17) is 5.11 Å². The lowest BCUT2D eigenvalue weighted by atomic mass is 9.71. The second-order valence-electron chi connectivity index (χ2n) is 13.5. The zero-order valence-corrected chi connectivity index (χ0v) is 30.3. The first-order valence-electron chi connectivity index (χ1n) is 18.7. The summed E-state index contributed by atoms with van der Waals surface area (Å²) in [6.07, 6.45) is 15.7. The number of carboxylic acids is 2. The van der Waals surface area contributed by atoms with Crippen molar-refractivity contribution in [3.63, 3.8) is 0 Å². The normalized spacial score (nSPS) is 12.3. The number of unbranched alkanes of at least 4 members (excludes halogenated alkanes) is 13. The number of carbonyl (C=O) groups is 5. The molecule has 0 bridgehead atoms. The molecule has 0 radical (unpaired) electrons. The predicted octanol–water partition coefficient (Wildman–Crippen LogP) is 2.48. The van der Waals surface area contributed by atoms with Gasteiger partial charge in [0.1, 0.15) is 11.8 Å². The van der Waals surface area contributed by atoms with Gasteiger partial charge in [0.15, 0.2) is 5.78 Å². The third kappa shape index (κ3) is 21.8. The Labute approximate surface area is 303 Å². The number of ketones is 2. The van der Waals surface area contributed by atoms with Crippen LogP contribution in [-0.2, 0) is 19.2 Å². The van der Waals surface area contributed by atoms with Crippen molar-refractivity contribution in [2.24, 2.45) is 5.92 Å². The van der Waals surface area contributed by atoms with Crippen molar-refractivity contribution >= 4 is 54.6 Å². The molecule has 13 nitrogen and oxygen atoms in total. The number of hydrogen-bond acceptors (Lipinski definition) is 10. The van der Waals surface area contributed by atoms with E-state index >= 15 is 0 Å². The number of hydrogen-bond donors (Lipinski definition) is 8. The van der Waals surface area contributed by atoms with E-state index in [0.29, 0.717) is 45.1 Å². The van der Waals surface area contributed by atoms with Crippen LogP contribution in [0.25, 0.3) is 0 Å². The highest BCUT2D eigenvalue weighted by atomic mass is 16.4. The molecule has 0 aromatic heterocycles. The van der Waals surface area contributed by atoms with E-state index < -0.39 is 38.1 Å². The van der Waals surface area contributed by atoms with Gasteiger partial charge in [-0.3, -0.25) is 24.0 Å². The molecule has 1 amide bonds. The van der Waals surface area contributed by atoms with Gasteiger partial charge in [-0.15, -0.1) is 0 Å². The highest BCUT2D eigenvalue weighted by Gasteiger charge is 2.23. The zero-order valence-electron chi connectivity index (χ0n) is 30.3. The van der Waals surface area contributed by atoms with Crippen LogP contribution in [0.2, 0.25) is 0 Å². The molecule has 2 atom stereocenters. The third-order valence-electron chi connectivity index (χ3n) is 9.19. The second-order valence-corrected chi connectivity index (χ2v) is 13.5. The van der Waals surface area contributed by atoms with Gasteiger partial charge in [-0.05, 0) is 56.5 Å². The largest absolute Gasteiger partial charge is 0.488 e. The number of amides is 1. The number of benzene rings is 1. The van der Waals surface area contributed by atoms with E-state index in [1.165, 1.54) is 24.6 Å². The fourth-order valence-electron chi connectivity index (χ4n) is 6.01. The molecule has 286 valence electrons. The van der Waals surface area contributed by atoms with Crippen molar-refractivity contribution < 1.29 is 54.3 Å². The molecule has 8 N–H and O–H groups in total. The van der Waals surface area contributed by atoms with Crippen LogP contribution < -0.4 is 21.6 Å². The van der Waals surface area contributed by atoms with Gasteiger partial charge in [0.25, 0.3) is 0 Å². The van der Waals surface area contributed by atoms with Crippen LogP contribution in [0.4, 0.5) is 0 Å². The van der Waals surface area contributed by atoms with Gasteiger partial charge in [-0.2, -0.15) is 0 Å². The van der Waals surface area contributed by atoms with Gasteiger partial charge in [0.2, 0.25) is 5.91 Å². The van der Waals surface area contributed by atoms with E-state index in [0.717, 1.165) is 70.6 Å². The molecule has 0 heterocycles. The lowest BCUT2D eigenvalue weighted by molar-refractivity contribution is -0.144. The molecule has 1 rings (SSSR count). The summed E-state index contributed by atoms with van der Waals surface area (Å²) in [4.78, 5) is 59.7. The Morgan fingerprint density at radius 2 is 1.10 bits per heavy atom. The Morgan fingerprint density at radius 3 is 1.55 bits per heavy atom. The molecule has 51 heavy (non-hydrogen) atoms. The Morgan fingerprint density at radius 1 is 0.608 bits per heavy atom. The smallest absolute Gasteiger partial charge is 0.481 e. The summed E-state index contributed by atoms with van der Waals surface area (Å²) in [7, 11) is -2.02. The van der Waals surface area contributed by atoms with Crippen LogP contribution in [0, 0.1) is 5.92 Å². The molecule has 15 heteroatoms. The van der Waals surface area contributed by atoms with Gasteiger partial charge in [0, 0.05) is 37.8 Å². The Kier molecular flexibility index (Phi) is 24.8. The highest BCUT2D eigenvalue weighted by Crippen LogP contribution is 2.17. The summed E-state index contributed by atoms with van der Waals surface area (Å²) in [5, 5.41) is 61.6. The minimum atomic E-state index is -1.80. The van der Waals surface area contributed by atoms with Crippen molar-refractivity contribution in [1.82, 2.24) is 10.6 Å². The van der Waals surface area contributed by atoms with Crippen molar-refractivity contribution in [1.29, 1.82) is 0 Å². The van der Waals surface area contributed by atoms with Crippen molar-refractivity contribution in [2.45, 2.75) is 141 Å². The first kappa shape index (κ1) is 45.9. The Balaban J connectivity index is 2.04. The topological polar surface area (TPSA) is 231 Å². The van der Waals surface area contributed by atoms with Gasteiger partial charge < -0.3 is 40.9 Å². The first-order valence-corrected chi connectivity index (χ1v) is 18.7. The average molecular weight is 719 g/mol.